The van der Waals surface area contributed by atoms with E-state index in [4.69, 9.17) is 0 Å². The molecule has 1 nitrogen and oxygen atoms in total. The van der Waals surface area contributed by atoms with E-state index in [-0.39, 0.29) is 0 Å². The van der Waals surface area contributed by atoms with Crippen LogP contribution in [-0.2, 0) is 0 Å². The summed E-state index contributed by atoms with van der Waals surface area (Å²) < 4.78 is 1.26. The fourth-order valence-corrected chi connectivity index (χ4v) is 2.51. The van der Waals surface area contributed by atoms with Gasteiger partial charge in [-0.05, 0) is 51.0 Å². The summed E-state index contributed by atoms with van der Waals surface area (Å²) in [6.45, 7) is 12.3. The van der Waals surface area contributed by atoms with Gasteiger partial charge in [0.25, 0.3) is 0 Å². The molecule has 1 aliphatic heterocycles. The average Bonchev–Trinajstić information content (AvgIpc) is 2.34. The van der Waals surface area contributed by atoms with Crippen molar-refractivity contribution in [3.63, 3.8) is 0 Å². The molecule has 1 heterocycles. The molecule has 0 N–H and O–H groups in total. The van der Waals surface area contributed by atoms with Crippen molar-refractivity contribution in [1.82, 2.24) is 0 Å². The van der Waals surface area contributed by atoms with Gasteiger partial charge in [-0.15, -0.1) is 6.58 Å². The summed E-state index contributed by atoms with van der Waals surface area (Å²) >= 11 is 0. The van der Waals surface area contributed by atoms with Crippen molar-refractivity contribution < 1.29 is 4.48 Å². The molecule has 0 aliphatic carbocycles. The lowest BCUT2D eigenvalue weighted by Crippen LogP contribution is -2.47. The van der Waals surface area contributed by atoms with E-state index in [1.165, 1.54) is 56.2 Å². The molecule has 1 atom stereocenters. The van der Waals surface area contributed by atoms with Crippen molar-refractivity contribution in [3.05, 3.63) is 24.3 Å². The Hall–Kier alpha value is -0.560. The van der Waals surface area contributed by atoms with Gasteiger partial charge in [-0.2, -0.15) is 0 Å². The van der Waals surface area contributed by atoms with Crippen LogP contribution >= 0.6 is 0 Å². The number of hydrogen-bond donors (Lipinski definition) is 0. The molecule has 0 aromatic heterocycles. The van der Waals surface area contributed by atoms with E-state index in [1.807, 2.05) is 0 Å². The fourth-order valence-electron chi connectivity index (χ4n) is 2.51. The summed E-state index contributed by atoms with van der Waals surface area (Å²) in [5.74, 6) is 0.651. The monoisotopic (exact) mass is 236 g/mol. The largest absolute Gasteiger partial charge is 0.323 e. The number of nitrogens with zero attached hydrogens (tertiary/aromatic N) is 1. The van der Waals surface area contributed by atoms with E-state index in [0.717, 1.165) is 0 Å². The highest BCUT2D eigenvalue weighted by atomic mass is 15.3. The lowest BCUT2D eigenvalue weighted by molar-refractivity contribution is -0.908. The average molecular weight is 236 g/mol. The summed E-state index contributed by atoms with van der Waals surface area (Å²) in [5.41, 5.74) is 1.56. The predicted octanol–water partition coefficient (Wildman–Crippen LogP) is 4.17. The summed E-state index contributed by atoms with van der Waals surface area (Å²) in [5, 5.41) is 0. The predicted molar refractivity (Wildman–Crippen MR) is 77.0 cm³/mol. The van der Waals surface area contributed by atoms with Gasteiger partial charge in [0.15, 0.2) is 0 Å². The van der Waals surface area contributed by atoms with E-state index in [1.54, 1.807) is 5.57 Å². The zero-order valence-electron chi connectivity index (χ0n) is 12.0. The molecular weight excluding hydrogens is 206 g/mol. The van der Waals surface area contributed by atoms with Crippen LogP contribution in [0.3, 0.4) is 0 Å². The van der Waals surface area contributed by atoms with Gasteiger partial charge in [-0.3, -0.25) is 0 Å². The highest BCUT2D eigenvalue weighted by Crippen LogP contribution is 2.18. The molecule has 1 aliphatic rings. The van der Waals surface area contributed by atoms with Crippen LogP contribution in [-0.4, -0.2) is 31.2 Å². The lowest BCUT2D eigenvalue weighted by Gasteiger charge is -2.37. The van der Waals surface area contributed by atoms with Crippen LogP contribution in [0.1, 0.15) is 46.0 Å². The Bertz CT molecular complexity index is 259. The second-order valence-electron chi connectivity index (χ2n) is 6.11. The highest BCUT2D eigenvalue weighted by Gasteiger charge is 2.22. The Morgan fingerprint density at radius 2 is 1.94 bits per heavy atom. The van der Waals surface area contributed by atoms with Gasteiger partial charge in [0.05, 0.1) is 26.7 Å². The number of allylic oxidation sites excluding steroid dienone is 2. The molecule has 0 saturated carbocycles. The van der Waals surface area contributed by atoms with Crippen LogP contribution in [0.25, 0.3) is 0 Å². The third-order valence-electron chi connectivity index (χ3n) is 4.17. The van der Waals surface area contributed by atoms with Crippen molar-refractivity contribution in [3.8, 4) is 0 Å². The molecule has 0 bridgehead atoms. The van der Waals surface area contributed by atoms with E-state index in [2.05, 4.69) is 39.6 Å². The summed E-state index contributed by atoms with van der Waals surface area (Å²) in [6.07, 6.45) is 11.3. The Labute approximate surface area is 108 Å². The number of hydrogen-bond acceptors (Lipinski definition) is 0. The maximum Gasteiger partial charge on any atom is 0.0974 e. The van der Waals surface area contributed by atoms with Crippen molar-refractivity contribution in [2.75, 3.05) is 26.7 Å². The Balaban J connectivity index is 2.33. The topological polar surface area (TPSA) is 0 Å². The van der Waals surface area contributed by atoms with Crippen LogP contribution in [0.2, 0.25) is 0 Å². The Kier molecular flexibility index (Phi) is 5.97. The van der Waals surface area contributed by atoms with Crippen LogP contribution in [0.4, 0.5) is 0 Å². The first-order chi connectivity index (χ1) is 8.06. The van der Waals surface area contributed by atoms with E-state index in [0.29, 0.717) is 5.92 Å². The van der Waals surface area contributed by atoms with E-state index in [9.17, 15) is 0 Å². The van der Waals surface area contributed by atoms with Crippen LogP contribution in [0, 0.1) is 5.92 Å². The van der Waals surface area contributed by atoms with Gasteiger partial charge >= 0.3 is 0 Å². The molecule has 0 spiro atoms. The number of piperidine rings is 1. The minimum atomic E-state index is 0.651. The Morgan fingerprint density at radius 3 is 2.53 bits per heavy atom. The summed E-state index contributed by atoms with van der Waals surface area (Å²) in [6, 6.07) is 0. The molecular formula is C16H30N+. The highest BCUT2D eigenvalue weighted by molar-refractivity contribution is 4.99. The van der Waals surface area contributed by atoms with E-state index < -0.39 is 0 Å². The van der Waals surface area contributed by atoms with Crippen molar-refractivity contribution in [2.24, 2.45) is 5.92 Å². The lowest BCUT2D eigenvalue weighted by atomic mass is 10.0. The van der Waals surface area contributed by atoms with Gasteiger partial charge in [0.1, 0.15) is 0 Å². The smallest absolute Gasteiger partial charge is 0.0974 e. The third kappa shape index (κ3) is 5.54. The molecule has 0 amide bonds. The standard InChI is InChI=1S/C16H30N/c1-5-15(2)9-10-16(3)11-14-17(4)12-7-6-8-13-17/h5,11,15H,1,6-10,12-14H2,2-4H3/q+1/b16-11+. The number of quaternary nitrogens is 1. The molecule has 1 unspecified atom stereocenters. The van der Waals surface area contributed by atoms with Crippen molar-refractivity contribution in [1.29, 1.82) is 0 Å². The first-order valence-electron chi connectivity index (χ1n) is 7.17. The SMILES string of the molecule is C=CC(C)CC/C(C)=C/C[N+]1(C)CCCCC1. The van der Waals surface area contributed by atoms with Crippen LogP contribution in [0.5, 0.6) is 0 Å². The van der Waals surface area contributed by atoms with Gasteiger partial charge in [-0.1, -0.05) is 18.6 Å². The maximum atomic E-state index is 3.85. The maximum absolute atomic E-state index is 3.85. The number of likely N-dealkylation sites (tertiary alicyclic amines) is 1. The normalized spacial score (nSPS) is 22.2. The van der Waals surface area contributed by atoms with Gasteiger partial charge in [0, 0.05) is 0 Å². The molecule has 17 heavy (non-hydrogen) atoms. The zero-order valence-corrected chi connectivity index (χ0v) is 12.0. The van der Waals surface area contributed by atoms with Gasteiger partial charge in [-0.25, -0.2) is 0 Å². The molecule has 1 fully saturated rings. The minimum absolute atomic E-state index is 0.651. The van der Waals surface area contributed by atoms with Crippen LogP contribution < -0.4 is 0 Å². The van der Waals surface area contributed by atoms with Gasteiger partial charge < -0.3 is 4.48 Å². The molecule has 1 heteroatoms. The molecule has 1 saturated heterocycles. The number of likely N-dealkylation sites (N-methyl/N-ethyl adjacent to an activating group) is 1. The molecule has 0 radical (unpaired) electrons. The first kappa shape index (κ1) is 14.5. The molecule has 1 rings (SSSR count). The zero-order chi connectivity index (χ0) is 12.7. The Morgan fingerprint density at radius 1 is 1.29 bits per heavy atom. The number of rotatable bonds is 6. The second-order valence-corrected chi connectivity index (χ2v) is 6.11. The molecule has 98 valence electrons. The first-order valence-corrected chi connectivity index (χ1v) is 7.17. The molecule has 0 aromatic rings. The van der Waals surface area contributed by atoms with Crippen LogP contribution in [0.15, 0.2) is 24.3 Å². The quantitative estimate of drug-likeness (QED) is 0.480. The third-order valence-corrected chi connectivity index (χ3v) is 4.17. The minimum Gasteiger partial charge on any atom is -0.323 e. The second kappa shape index (κ2) is 7.00. The summed E-state index contributed by atoms with van der Waals surface area (Å²) in [7, 11) is 2.41. The summed E-state index contributed by atoms with van der Waals surface area (Å²) in [4.78, 5) is 0. The van der Waals surface area contributed by atoms with E-state index >= 15 is 0 Å². The van der Waals surface area contributed by atoms with Crippen molar-refractivity contribution >= 4 is 0 Å². The fraction of sp³-hybridized carbons (Fsp3) is 0.750. The van der Waals surface area contributed by atoms with Gasteiger partial charge in [0.2, 0.25) is 0 Å². The molecule has 0 aromatic carbocycles. The van der Waals surface area contributed by atoms with Crippen molar-refractivity contribution in [2.45, 2.75) is 46.0 Å².